The number of carbonyl (C=O) groups excluding carboxylic acids is 2. The first-order valence-corrected chi connectivity index (χ1v) is 11.9. The standard InChI is InChI=1S/C29H34N2O3/c1-4-30-29(33)26(19-23-13-7-5-8-14-23)31(20-24-15-9-6-10-16-24)28(32)21-34-27-18-12-11-17-25(27)22(2)3/h5-18,22,26H,4,19-21H2,1-3H3,(H,30,33)/t26-/m0/s1. The van der Waals surface area contributed by atoms with Crippen molar-refractivity contribution in [2.75, 3.05) is 13.2 Å². The second-order valence-electron chi connectivity index (χ2n) is 8.59. The number of hydrogen-bond acceptors (Lipinski definition) is 3. The first kappa shape index (κ1) is 25.0. The van der Waals surface area contributed by atoms with Gasteiger partial charge in [0, 0.05) is 19.5 Å². The summed E-state index contributed by atoms with van der Waals surface area (Å²) in [5.41, 5.74) is 3.01. The number of para-hydroxylation sites is 1. The van der Waals surface area contributed by atoms with Crippen LogP contribution in [0.25, 0.3) is 0 Å². The molecule has 0 heterocycles. The molecule has 3 aromatic rings. The zero-order valence-electron chi connectivity index (χ0n) is 20.2. The van der Waals surface area contributed by atoms with E-state index in [2.05, 4.69) is 19.2 Å². The maximum Gasteiger partial charge on any atom is 0.261 e. The Morgan fingerprint density at radius 1 is 0.853 bits per heavy atom. The number of nitrogens with zero attached hydrogens (tertiary/aromatic N) is 1. The highest BCUT2D eigenvalue weighted by Gasteiger charge is 2.30. The van der Waals surface area contributed by atoms with Gasteiger partial charge >= 0.3 is 0 Å². The molecular formula is C29H34N2O3. The second kappa shape index (κ2) is 12.6. The molecule has 5 heteroatoms. The number of rotatable bonds is 11. The molecule has 1 atom stereocenters. The predicted octanol–water partition coefficient (Wildman–Crippen LogP) is 4.97. The highest BCUT2D eigenvalue weighted by Crippen LogP contribution is 2.26. The van der Waals surface area contributed by atoms with Crippen molar-refractivity contribution in [3.63, 3.8) is 0 Å². The molecule has 2 amide bonds. The molecular weight excluding hydrogens is 424 g/mol. The van der Waals surface area contributed by atoms with E-state index in [1.165, 1.54) is 0 Å². The number of carbonyl (C=O) groups is 2. The van der Waals surface area contributed by atoms with E-state index in [0.29, 0.717) is 25.3 Å². The molecule has 0 aliphatic rings. The summed E-state index contributed by atoms with van der Waals surface area (Å²) in [5.74, 6) is 0.573. The number of hydrogen-bond donors (Lipinski definition) is 1. The van der Waals surface area contributed by atoms with Crippen LogP contribution in [-0.2, 0) is 22.6 Å². The van der Waals surface area contributed by atoms with E-state index in [9.17, 15) is 9.59 Å². The molecule has 0 saturated heterocycles. The van der Waals surface area contributed by atoms with E-state index in [-0.39, 0.29) is 24.3 Å². The Bertz CT molecular complexity index is 1050. The van der Waals surface area contributed by atoms with E-state index >= 15 is 0 Å². The molecule has 0 aliphatic carbocycles. The van der Waals surface area contributed by atoms with E-state index in [0.717, 1.165) is 16.7 Å². The van der Waals surface area contributed by atoms with Gasteiger partial charge in [0.25, 0.3) is 5.91 Å². The predicted molar refractivity (Wildman–Crippen MR) is 136 cm³/mol. The lowest BCUT2D eigenvalue weighted by Gasteiger charge is -2.31. The Labute approximate surface area is 202 Å². The van der Waals surface area contributed by atoms with Gasteiger partial charge in [0.1, 0.15) is 11.8 Å². The van der Waals surface area contributed by atoms with Crippen molar-refractivity contribution >= 4 is 11.8 Å². The number of likely N-dealkylation sites (N-methyl/N-ethyl adjacent to an activating group) is 1. The van der Waals surface area contributed by atoms with Crippen molar-refractivity contribution in [1.82, 2.24) is 10.2 Å². The molecule has 0 saturated carbocycles. The molecule has 3 aromatic carbocycles. The van der Waals surface area contributed by atoms with Crippen LogP contribution in [0.1, 0.15) is 43.4 Å². The summed E-state index contributed by atoms with van der Waals surface area (Å²) < 4.78 is 6.00. The van der Waals surface area contributed by atoms with Crippen molar-refractivity contribution < 1.29 is 14.3 Å². The first-order chi connectivity index (χ1) is 16.5. The lowest BCUT2D eigenvalue weighted by atomic mass is 10.0. The van der Waals surface area contributed by atoms with Crippen LogP contribution in [0.3, 0.4) is 0 Å². The van der Waals surface area contributed by atoms with Gasteiger partial charge < -0.3 is 15.0 Å². The Morgan fingerprint density at radius 3 is 2.06 bits per heavy atom. The molecule has 1 N–H and O–H groups in total. The molecule has 0 spiro atoms. The first-order valence-electron chi connectivity index (χ1n) is 11.9. The fraction of sp³-hybridized carbons (Fsp3) is 0.310. The second-order valence-corrected chi connectivity index (χ2v) is 8.59. The summed E-state index contributed by atoms with van der Waals surface area (Å²) in [5, 5.41) is 2.91. The lowest BCUT2D eigenvalue weighted by Crippen LogP contribution is -2.51. The molecule has 0 radical (unpaired) electrons. The quantitative estimate of drug-likeness (QED) is 0.442. The van der Waals surface area contributed by atoms with Crippen LogP contribution in [0.4, 0.5) is 0 Å². The Kier molecular flexibility index (Phi) is 9.27. The molecule has 0 aliphatic heterocycles. The molecule has 0 aromatic heterocycles. The Morgan fingerprint density at radius 2 is 1.44 bits per heavy atom. The largest absolute Gasteiger partial charge is 0.483 e. The third kappa shape index (κ3) is 6.95. The van der Waals surface area contributed by atoms with Gasteiger partial charge in [-0.05, 0) is 35.6 Å². The minimum absolute atomic E-state index is 0.138. The lowest BCUT2D eigenvalue weighted by molar-refractivity contribution is -0.142. The summed E-state index contributed by atoms with van der Waals surface area (Å²) >= 11 is 0. The van der Waals surface area contributed by atoms with Gasteiger partial charge in [-0.25, -0.2) is 0 Å². The topological polar surface area (TPSA) is 58.6 Å². The van der Waals surface area contributed by atoms with Crippen LogP contribution in [0.2, 0.25) is 0 Å². The van der Waals surface area contributed by atoms with Crippen molar-refractivity contribution in [3.8, 4) is 5.75 Å². The van der Waals surface area contributed by atoms with Crippen LogP contribution in [0.15, 0.2) is 84.9 Å². The van der Waals surface area contributed by atoms with Crippen molar-refractivity contribution in [1.29, 1.82) is 0 Å². The average Bonchev–Trinajstić information content (AvgIpc) is 2.86. The monoisotopic (exact) mass is 458 g/mol. The van der Waals surface area contributed by atoms with Crippen LogP contribution in [0, 0.1) is 0 Å². The third-order valence-corrected chi connectivity index (χ3v) is 5.71. The minimum Gasteiger partial charge on any atom is -0.483 e. The maximum absolute atomic E-state index is 13.6. The van der Waals surface area contributed by atoms with Crippen LogP contribution >= 0.6 is 0 Å². The van der Waals surface area contributed by atoms with E-state index in [1.807, 2.05) is 91.9 Å². The van der Waals surface area contributed by atoms with Gasteiger partial charge in [0.05, 0.1) is 0 Å². The maximum atomic E-state index is 13.6. The van der Waals surface area contributed by atoms with E-state index in [4.69, 9.17) is 4.74 Å². The normalized spacial score (nSPS) is 11.6. The van der Waals surface area contributed by atoms with Gasteiger partial charge in [0.15, 0.2) is 6.61 Å². The molecule has 0 bridgehead atoms. The van der Waals surface area contributed by atoms with Crippen LogP contribution in [0.5, 0.6) is 5.75 Å². The summed E-state index contributed by atoms with van der Waals surface area (Å²) in [6.07, 6.45) is 0.424. The number of amides is 2. The highest BCUT2D eigenvalue weighted by molar-refractivity contribution is 5.88. The van der Waals surface area contributed by atoms with Crippen LogP contribution < -0.4 is 10.1 Å². The number of benzene rings is 3. The fourth-order valence-electron chi connectivity index (χ4n) is 3.94. The summed E-state index contributed by atoms with van der Waals surface area (Å²) in [6.45, 7) is 6.75. The minimum atomic E-state index is -0.654. The zero-order valence-corrected chi connectivity index (χ0v) is 20.2. The van der Waals surface area contributed by atoms with Gasteiger partial charge in [-0.15, -0.1) is 0 Å². The van der Waals surface area contributed by atoms with Crippen molar-refractivity contribution in [2.45, 2.75) is 45.7 Å². The fourth-order valence-corrected chi connectivity index (χ4v) is 3.94. The smallest absolute Gasteiger partial charge is 0.261 e. The molecule has 178 valence electrons. The molecule has 34 heavy (non-hydrogen) atoms. The van der Waals surface area contributed by atoms with E-state index in [1.54, 1.807) is 4.90 Å². The summed E-state index contributed by atoms with van der Waals surface area (Å²) in [6, 6.07) is 26.6. The number of nitrogens with one attached hydrogen (secondary N) is 1. The molecule has 3 rings (SSSR count). The van der Waals surface area contributed by atoms with Crippen molar-refractivity contribution in [2.24, 2.45) is 0 Å². The Hall–Kier alpha value is -3.60. The molecule has 5 nitrogen and oxygen atoms in total. The van der Waals surface area contributed by atoms with Gasteiger partial charge in [-0.2, -0.15) is 0 Å². The zero-order chi connectivity index (χ0) is 24.3. The summed E-state index contributed by atoms with van der Waals surface area (Å²) in [4.78, 5) is 28.4. The molecule has 0 unspecified atom stereocenters. The van der Waals surface area contributed by atoms with Gasteiger partial charge in [-0.1, -0.05) is 92.7 Å². The highest BCUT2D eigenvalue weighted by atomic mass is 16.5. The van der Waals surface area contributed by atoms with Crippen molar-refractivity contribution in [3.05, 3.63) is 102 Å². The van der Waals surface area contributed by atoms with Gasteiger partial charge in [0.2, 0.25) is 5.91 Å². The molecule has 0 fully saturated rings. The summed E-state index contributed by atoms with van der Waals surface area (Å²) in [7, 11) is 0. The third-order valence-electron chi connectivity index (χ3n) is 5.71. The SMILES string of the molecule is CCNC(=O)[C@H](Cc1ccccc1)N(Cc1ccccc1)C(=O)COc1ccccc1C(C)C. The Balaban J connectivity index is 1.88. The van der Waals surface area contributed by atoms with Crippen LogP contribution in [-0.4, -0.2) is 35.9 Å². The number of ether oxygens (including phenoxy) is 1. The average molecular weight is 459 g/mol. The van der Waals surface area contributed by atoms with Gasteiger partial charge in [-0.3, -0.25) is 9.59 Å². The van der Waals surface area contributed by atoms with E-state index < -0.39 is 6.04 Å².